The Kier molecular flexibility index (Phi) is 7.82. The van der Waals surface area contributed by atoms with E-state index in [0.29, 0.717) is 18.7 Å². The molecule has 29 heavy (non-hydrogen) atoms. The topological polar surface area (TPSA) is 97.8 Å². The SMILES string of the molecule is N=C(NC(=O)c1ccccc1)N(CCCc1cnc[nH]1)CCSc1ccccn1. The van der Waals surface area contributed by atoms with Crippen molar-refractivity contribution in [3.05, 3.63) is 78.5 Å². The first kappa shape index (κ1) is 20.6. The largest absolute Gasteiger partial charge is 0.348 e. The molecule has 7 nitrogen and oxygen atoms in total. The van der Waals surface area contributed by atoms with Crippen LogP contribution >= 0.6 is 11.8 Å². The van der Waals surface area contributed by atoms with Crippen LogP contribution in [0.15, 0.2) is 72.3 Å². The predicted molar refractivity (Wildman–Crippen MR) is 115 cm³/mol. The molecule has 0 bridgehead atoms. The van der Waals surface area contributed by atoms with Crippen molar-refractivity contribution >= 4 is 23.6 Å². The van der Waals surface area contributed by atoms with Crippen LogP contribution in [0.2, 0.25) is 0 Å². The summed E-state index contributed by atoms with van der Waals surface area (Å²) in [6.45, 7) is 1.30. The lowest BCUT2D eigenvalue weighted by atomic mass is 10.2. The van der Waals surface area contributed by atoms with E-state index in [1.54, 1.807) is 36.4 Å². The minimum atomic E-state index is -0.272. The molecule has 1 amide bonds. The number of benzene rings is 1. The fraction of sp³-hybridized carbons (Fsp3) is 0.238. The number of thioether (sulfide) groups is 1. The molecule has 0 fully saturated rings. The van der Waals surface area contributed by atoms with Crippen LogP contribution in [-0.2, 0) is 6.42 Å². The van der Waals surface area contributed by atoms with Crippen LogP contribution < -0.4 is 5.32 Å². The number of imidazole rings is 1. The van der Waals surface area contributed by atoms with Crippen LogP contribution in [0.4, 0.5) is 0 Å². The van der Waals surface area contributed by atoms with Crippen LogP contribution in [0.3, 0.4) is 0 Å². The molecule has 0 radical (unpaired) electrons. The maximum Gasteiger partial charge on any atom is 0.257 e. The van der Waals surface area contributed by atoms with Gasteiger partial charge in [-0.2, -0.15) is 0 Å². The molecule has 0 aliphatic rings. The van der Waals surface area contributed by atoms with Gasteiger partial charge < -0.3 is 9.88 Å². The number of pyridine rings is 1. The van der Waals surface area contributed by atoms with Gasteiger partial charge in [-0.15, -0.1) is 11.8 Å². The molecule has 0 atom stereocenters. The van der Waals surface area contributed by atoms with Gasteiger partial charge in [0.2, 0.25) is 0 Å². The van der Waals surface area contributed by atoms with Gasteiger partial charge in [-0.3, -0.25) is 15.5 Å². The Morgan fingerprint density at radius 1 is 1.14 bits per heavy atom. The van der Waals surface area contributed by atoms with Crippen LogP contribution in [0.25, 0.3) is 0 Å². The lowest BCUT2D eigenvalue weighted by molar-refractivity contribution is 0.0972. The van der Waals surface area contributed by atoms with Crippen LogP contribution in [-0.4, -0.2) is 50.6 Å². The molecule has 3 aromatic rings. The minimum Gasteiger partial charge on any atom is -0.348 e. The number of nitrogens with one attached hydrogen (secondary N) is 3. The summed E-state index contributed by atoms with van der Waals surface area (Å²) in [6, 6.07) is 14.8. The second kappa shape index (κ2) is 11.0. The van der Waals surface area contributed by atoms with Gasteiger partial charge in [0.15, 0.2) is 5.96 Å². The Morgan fingerprint density at radius 3 is 2.69 bits per heavy atom. The highest BCUT2D eigenvalue weighted by Crippen LogP contribution is 2.14. The van der Waals surface area contributed by atoms with Crippen LogP contribution in [0, 0.1) is 5.41 Å². The van der Waals surface area contributed by atoms with E-state index in [4.69, 9.17) is 5.41 Å². The highest BCUT2D eigenvalue weighted by atomic mass is 32.2. The quantitative estimate of drug-likeness (QED) is 0.287. The number of hydrogen-bond donors (Lipinski definition) is 3. The van der Waals surface area contributed by atoms with Crippen LogP contribution in [0.5, 0.6) is 0 Å². The average Bonchev–Trinajstić information content (AvgIpc) is 3.27. The van der Waals surface area contributed by atoms with Gasteiger partial charge in [0.05, 0.1) is 11.4 Å². The average molecular weight is 409 g/mol. The van der Waals surface area contributed by atoms with Crippen LogP contribution in [0.1, 0.15) is 22.5 Å². The van der Waals surface area contributed by atoms with E-state index < -0.39 is 0 Å². The molecule has 0 saturated carbocycles. The van der Waals surface area contributed by atoms with E-state index in [9.17, 15) is 4.79 Å². The number of carbonyl (C=O) groups is 1. The minimum absolute atomic E-state index is 0.116. The molecule has 0 aliphatic heterocycles. The van der Waals surface area contributed by atoms with E-state index >= 15 is 0 Å². The molecule has 3 rings (SSSR count). The summed E-state index contributed by atoms with van der Waals surface area (Å²) >= 11 is 1.63. The molecule has 0 aliphatic carbocycles. The lowest BCUT2D eigenvalue weighted by Gasteiger charge is -2.25. The molecule has 2 aromatic heterocycles. The van der Waals surface area contributed by atoms with Crippen molar-refractivity contribution in [2.45, 2.75) is 17.9 Å². The summed E-state index contributed by atoms with van der Waals surface area (Å²) in [5.41, 5.74) is 1.60. The first-order valence-corrected chi connectivity index (χ1v) is 10.4. The summed E-state index contributed by atoms with van der Waals surface area (Å²) in [5.74, 6) is 0.613. The fourth-order valence-electron chi connectivity index (χ4n) is 2.76. The third-order valence-electron chi connectivity index (χ3n) is 4.26. The Bertz CT molecular complexity index is 886. The number of carbonyl (C=O) groups excluding carboxylic acids is 1. The summed E-state index contributed by atoms with van der Waals surface area (Å²) < 4.78 is 0. The number of rotatable bonds is 9. The third-order valence-corrected chi connectivity index (χ3v) is 5.19. The zero-order valence-electron chi connectivity index (χ0n) is 16.0. The molecule has 150 valence electrons. The smallest absolute Gasteiger partial charge is 0.257 e. The number of amides is 1. The maximum atomic E-state index is 12.4. The summed E-state index contributed by atoms with van der Waals surface area (Å²) in [7, 11) is 0. The highest BCUT2D eigenvalue weighted by molar-refractivity contribution is 7.99. The normalized spacial score (nSPS) is 10.5. The number of nitrogens with zero attached hydrogens (tertiary/aromatic N) is 3. The number of aryl methyl sites for hydroxylation is 1. The molecule has 0 unspecified atom stereocenters. The Morgan fingerprint density at radius 2 is 1.97 bits per heavy atom. The monoisotopic (exact) mass is 408 g/mol. The van der Waals surface area contributed by atoms with E-state index in [1.165, 1.54) is 0 Å². The number of H-pyrrole nitrogens is 1. The van der Waals surface area contributed by atoms with E-state index in [-0.39, 0.29) is 11.9 Å². The molecule has 0 spiro atoms. The van der Waals surface area contributed by atoms with Gasteiger partial charge in [0.1, 0.15) is 0 Å². The molecule has 3 N–H and O–H groups in total. The van der Waals surface area contributed by atoms with Gasteiger partial charge >= 0.3 is 0 Å². The van der Waals surface area contributed by atoms with Crippen molar-refractivity contribution in [1.29, 1.82) is 5.41 Å². The zero-order valence-corrected chi connectivity index (χ0v) is 16.9. The first-order valence-electron chi connectivity index (χ1n) is 9.43. The Labute approximate surface area is 174 Å². The maximum absolute atomic E-state index is 12.4. The van der Waals surface area contributed by atoms with Crippen molar-refractivity contribution in [2.24, 2.45) is 0 Å². The summed E-state index contributed by atoms with van der Waals surface area (Å²) in [6.07, 6.45) is 6.93. The molecule has 8 heteroatoms. The Hall–Kier alpha value is -3.13. The molecule has 0 saturated heterocycles. The van der Waals surface area contributed by atoms with Gasteiger partial charge in [-0.05, 0) is 37.1 Å². The molecular weight excluding hydrogens is 384 g/mol. The first-order chi connectivity index (χ1) is 14.2. The predicted octanol–water partition coefficient (Wildman–Crippen LogP) is 3.20. The zero-order chi connectivity index (χ0) is 20.3. The van der Waals surface area contributed by atoms with Gasteiger partial charge in [-0.25, -0.2) is 9.97 Å². The molecular formula is C21H24N6OS. The third kappa shape index (κ3) is 6.76. The van der Waals surface area contributed by atoms with Crippen molar-refractivity contribution in [1.82, 2.24) is 25.2 Å². The number of hydrogen-bond acceptors (Lipinski definition) is 5. The van der Waals surface area contributed by atoms with Gasteiger partial charge in [0, 0.05) is 42.5 Å². The second-order valence-electron chi connectivity index (χ2n) is 6.35. The number of guanidine groups is 1. The fourth-order valence-corrected chi connectivity index (χ4v) is 3.59. The van der Waals surface area contributed by atoms with Gasteiger partial charge in [-0.1, -0.05) is 24.3 Å². The Balaban J connectivity index is 1.55. The van der Waals surface area contributed by atoms with Crippen molar-refractivity contribution in [3.63, 3.8) is 0 Å². The van der Waals surface area contributed by atoms with E-state index in [1.807, 2.05) is 47.5 Å². The van der Waals surface area contributed by atoms with E-state index in [2.05, 4.69) is 20.3 Å². The van der Waals surface area contributed by atoms with Gasteiger partial charge in [0.25, 0.3) is 5.91 Å². The summed E-state index contributed by atoms with van der Waals surface area (Å²) in [4.78, 5) is 25.7. The van der Waals surface area contributed by atoms with Crippen molar-refractivity contribution in [3.8, 4) is 0 Å². The standard InChI is InChI=1S/C21H24N6OS/c22-21(26-20(28)17-7-2-1-3-8-17)27(12-6-9-18-15-23-16-25-18)13-14-29-19-10-4-5-11-24-19/h1-5,7-8,10-11,15-16H,6,9,12-14H2,(H,23,25)(H2,22,26,28). The second-order valence-corrected chi connectivity index (χ2v) is 7.47. The van der Waals surface area contributed by atoms with E-state index in [0.717, 1.165) is 29.3 Å². The molecule has 1 aromatic carbocycles. The summed E-state index contributed by atoms with van der Waals surface area (Å²) in [5, 5.41) is 12.1. The number of aromatic nitrogens is 3. The lowest BCUT2D eigenvalue weighted by Crippen LogP contribution is -2.45. The molecule has 2 heterocycles. The highest BCUT2D eigenvalue weighted by Gasteiger charge is 2.14. The number of aromatic amines is 1. The van der Waals surface area contributed by atoms with Crippen molar-refractivity contribution in [2.75, 3.05) is 18.8 Å². The van der Waals surface area contributed by atoms with Crippen molar-refractivity contribution < 1.29 is 4.79 Å².